The van der Waals surface area contributed by atoms with Crippen LogP contribution >= 0.6 is 11.8 Å². The van der Waals surface area contributed by atoms with Crippen LogP contribution in [0.5, 0.6) is 0 Å². The number of nitrogens with zero attached hydrogens (tertiary/aromatic N) is 3. The summed E-state index contributed by atoms with van der Waals surface area (Å²) in [6.45, 7) is 5.27. The van der Waals surface area contributed by atoms with E-state index >= 15 is 0 Å². The standard InChI is InChI=1S/C14H22N4S/c1-2-15-13-11-9-19-10-12(11)16-14(17-13)18-7-5-3-4-6-8-18/h2-10H2,1H3,(H,15,16,17). The van der Waals surface area contributed by atoms with E-state index in [9.17, 15) is 0 Å². The van der Waals surface area contributed by atoms with Gasteiger partial charge in [-0.15, -0.1) is 0 Å². The molecular weight excluding hydrogens is 256 g/mol. The average molecular weight is 278 g/mol. The highest BCUT2D eigenvalue weighted by Crippen LogP contribution is 2.34. The molecule has 5 heteroatoms. The molecule has 0 spiro atoms. The van der Waals surface area contributed by atoms with E-state index < -0.39 is 0 Å². The van der Waals surface area contributed by atoms with Gasteiger partial charge in [-0.3, -0.25) is 0 Å². The smallest absolute Gasteiger partial charge is 0.227 e. The molecule has 2 aliphatic rings. The van der Waals surface area contributed by atoms with Crippen LogP contribution in [-0.4, -0.2) is 29.6 Å². The highest BCUT2D eigenvalue weighted by atomic mass is 32.2. The van der Waals surface area contributed by atoms with Crippen LogP contribution in [0, 0.1) is 0 Å². The van der Waals surface area contributed by atoms with Gasteiger partial charge >= 0.3 is 0 Å². The molecule has 1 aromatic heterocycles. The first kappa shape index (κ1) is 13.0. The van der Waals surface area contributed by atoms with Crippen molar-refractivity contribution in [2.45, 2.75) is 44.1 Å². The highest BCUT2D eigenvalue weighted by molar-refractivity contribution is 7.98. The van der Waals surface area contributed by atoms with E-state index in [1.54, 1.807) is 0 Å². The Kier molecular flexibility index (Phi) is 4.11. The van der Waals surface area contributed by atoms with E-state index in [4.69, 9.17) is 9.97 Å². The zero-order valence-electron chi connectivity index (χ0n) is 11.6. The molecule has 1 N–H and O–H groups in total. The summed E-state index contributed by atoms with van der Waals surface area (Å²) in [5.41, 5.74) is 2.57. The molecule has 0 amide bonds. The van der Waals surface area contributed by atoms with Gasteiger partial charge in [-0.1, -0.05) is 12.8 Å². The first-order valence-corrected chi connectivity index (χ1v) is 8.50. The van der Waals surface area contributed by atoms with Crippen LogP contribution in [0.2, 0.25) is 0 Å². The molecule has 4 nitrogen and oxygen atoms in total. The number of hydrogen-bond acceptors (Lipinski definition) is 5. The molecular formula is C14H22N4S. The minimum Gasteiger partial charge on any atom is -0.370 e. The van der Waals surface area contributed by atoms with Crippen LogP contribution in [0.3, 0.4) is 0 Å². The van der Waals surface area contributed by atoms with Crippen molar-refractivity contribution in [3.8, 4) is 0 Å². The van der Waals surface area contributed by atoms with Gasteiger partial charge in [0.05, 0.1) is 5.69 Å². The largest absolute Gasteiger partial charge is 0.370 e. The van der Waals surface area contributed by atoms with Crippen molar-refractivity contribution in [3.63, 3.8) is 0 Å². The maximum atomic E-state index is 4.82. The van der Waals surface area contributed by atoms with E-state index in [1.807, 2.05) is 11.8 Å². The Morgan fingerprint density at radius 3 is 2.63 bits per heavy atom. The van der Waals surface area contributed by atoms with Gasteiger partial charge in [0, 0.05) is 36.7 Å². The second-order valence-corrected chi connectivity index (χ2v) is 6.21. The van der Waals surface area contributed by atoms with E-state index in [-0.39, 0.29) is 0 Å². The van der Waals surface area contributed by atoms with Crippen molar-refractivity contribution in [1.82, 2.24) is 9.97 Å². The van der Waals surface area contributed by atoms with Gasteiger partial charge in [-0.2, -0.15) is 16.7 Å². The second-order valence-electron chi connectivity index (χ2n) is 5.22. The Labute approximate surface area is 119 Å². The van der Waals surface area contributed by atoms with Gasteiger partial charge in [0.2, 0.25) is 5.95 Å². The lowest BCUT2D eigenvalue weighted by atomic mass is 10.2. The quantitative estimate of drug-likeness (QED) is 0.920. The Morgan fingerprint density at radius 1 is 1.11 bits per heavy atom. The van der Waals surface area contributed by atoms with Crippen LogP contribution < -0.4 is 10.2 Å². The Balaban J connectivity index is 1.90. The molecule has 0 atom stereocenters. The number of fused-ring (bicyclic) bond motifs is 1. The predicted octanol–water partition coefficient (Wildman–Crippen LogP) is 3.04. The molecule has 19 heavy (non-hydrogen) atoms. The molecule has 1 aromatic rings. The minimum absolute atomic E-state index is 0.924. The summed E-state index contributed by atoms with van der Waals surface area (Å²) >= 11 is 1.94. The molecule has 0 radical (unpaired) electrons. The van der Waals surface area contributed by atoms with Crippen molar-refractivity contribution >= 4 is 23.5 Å². The summed E-state index contributed by atoms with van der Waals surface area (Å²) in [5, 5.41) is 3.41. The molecule has 0 saturated carbocycles. The summed E-state index contributed by atoms with van der Waals surface area (Å²) < 4.78 is 0. The van der Waals surface area contributed by atoms with Crippen LogP contribution in [0.1, 0.15) is 43.9 Å². The van der Waals surface area contributed by atoms with Gasteiger partial charge in [-0.25, -0.2) is 4.98 Å². The third-order valence-corrected chi connectivity index (χ3v) is 4.77. The number of rotatable bonds is 3. The predicted molar refractivity (Wildman–Crippen MR) is 81.9 cm³/mol. The molecule has 0 unspecified atom stereocenters. The summed E-state index contributed by atoms with van der Waals surface area (Å²) in [4.78, 5) is 12.0. The van der Waals surface area contributed by atoms with Gasteiger partial charge in [0.15, 0.2) is 0 Å². The first-order chi connectivity index (χ1) is 9.38. The van der Waals surface area contributed by atoms with E-state index in [0.29, 0.717) is 0 Å². The fraction of sp³-hybridized carbons (Fsp3) is 0.714. The average Bonchev–Trinajstić information content (AvgIpc) is 2.72. The maximum Gasteiger partial charge on any atom is 0.227 e. The van der Waals surface area contributed by atoms with E-state index in [1.165, 1.54) is 36.9 Å². The van der Waals surface area contributed by atoms with E-state index in [0.717, 1.165) is 42.9 Å². The van der Waals surface area contributed by atoms with Crippen LogP contribution in [0.25, 0.3) is 0 Å². The van der Waals surface area contributed by atoms with Crippen molar-refractivity contribution in [2.75, 3.05) is 29.9 Å². The molecule has 0 aliphatic carbocycles. The van der Waals surface area contributed by atoms with Gasteiger partial charge in [0.25, 0.3) is 0 Å². The summed E-state index contributed by atoms with van der Waals surface area (Å²) in [7, 11) is 0. The second kappa shape index (κ2) is 5.99. The molecule has 0 aromatic carbocycles. The fourth-order valence-corrected chi connectivity index (χ4v) is 3.81. The van der Waals surface area contributed by atoms with Crippen LogP contribution in [0.15, 0.2) is 0 Å². The van der Waals surface area contributed by atoms with Crippen molar-refractivity contribution in [3.05, 3.63) is 11.3 Å². The van der Waals surface area contributed by atoms with Crippen molar-refractivity contribution in [1.29, 1.82) is 0 Å². The third-order valence-electron chi connectivity index (χ3n) is 3.80. The zero-order chi connectivity index (χ0) is 13.1. The molecule has 0 bridgehead atoms. The number of aromatic nitrogens is 2. The lowest BCUT2D eigenvalue weighted by Crippen LogP contribution is -2.27. The number of anilines is 2. The number of nitrogens with one attached hydrogen (secondary N) is 1. The topological polar surface area (TPSA) is 41.1 Å². The normalized spacial score (nSPS) is 19.1. The number of hydrogen-bond donors (Lipinski definition) is 1. The number of thioether (sulfide) groups is 1. The summed E-state index contributed by atoms with van der Waals surface area (Å²) in [5.74, 6) is 4.10. The minimum atomic E-state index is 0.924. The lowest BCUT2D eigenvalue weighted by Gasteiger charge is -2.22. The molecule has 2 aliphatic heterocycles. The molecule has 3 heterocycles. The molecule has 1 saturated heterocycles. The Bertz CT molecular complexity index is 441. The lowest BCUT2D eigenvalue weighted by molar-refractivity contribution is 0.726. The third kappa shape index (κ3) is 2.81. The first-order valence-electron chi connectivity index (χ1n) is 7.35. The van der Waals surface area contributed by atoms with E-state index in [2.05, 4.69) is 17.1 Å². The fourth-order valence-electron chi connectivity index (χ4n) is 2.76. The van der Waals surface area contributed by atoms with Gasteiger partial charge < -0.3 is 10.2 Å². The molecule has 3 rings (SSSR count). The summed E-state index contributed by atoms with van der Waals surface area (Å²) in [6, 6.07) is 0. The van der Waals surface area contributed by atoms with Gasteiger partial charge in [-0.05, 0) is 19.8 Å². The Morgan fingerprint density at radius 2 is 1.89 bits per heavy atom. The summed E-state index contributed by atoms with van der Waals surface area (Å²) in [6.07, 6.45) is 5.23. The van der Waals surface area contributed by atoms with Crippen LogP contribution in [0.4, 0.5) is 11.8 Å². The Hall–Kier alpha value is -0.970. The molecule has 104 valence electrons. The highest BCUT2D eigenvalue weighted by Gasteiger charge is 2.22. The van der Waals surface area contributed by atoms with Crippen molar-refractivity contribution < 1.29 is 0 Å². The SMILES string of the molecule is CCNc1nc(N2CCCCCC2)nc2c1CSC2. The molecule has 1 fully saturated rings. The monoisotopic (exact) mass is 278 g/mol. The van der Waals surface area contributed by atoms with Crippen LogP contribution in [-0.2, 0) is 11.5 Å². The van der Waals surface area contributed by atoms with Gasteiger partial charge in [0.1, 0.15) is 5.82 Å². The van der Waals surface area contributed by atoms with Crippen molar-refractivity contribution in [2.24, 2.45) is 0 Å². The zero-order valence-corrected chi connectivity index (χ0v) is 12.4. The maximum absolute atomic E-state index is 4.82.